The van der Waals surface area contributed by atoms with E-state index in [0.29, 0.717) is 12.8 Å². The Labute approximate surface area is 60.2 Å². The third-order valence-corrected chi connectivity index (χ3v) is 1.37. The fraction of sp³-hybridized carbons (Fsp3) is 0.571. The summed E-state index contributed by atoms with van der Waals surface area (Å²) in [5, 5.41) is 7.98. The second kappa shape index (κ2) is 4.99. The molecule has 0 fully saturated rings. The zero-order valence-corrected chi connectivity index (χ0v) is 6.04. The molecule has 0 saturated carbocycles. The van der Waals surface area contributed by atoms with Crippen LogP contribution >= 0.6 is 0 Å². The van der Waals surface area contributed by atoms with Crippen molar-refractivity contribution in [2.75, 3.05) is 0 Å². The molecular weight excluding hydrogens is 132 g/mol. The van der Waals surface area contributed by atoms with E-state index in [2.05, 4.69) is 11.5 Å². The molecule has 1 atom stereocenters. The number of allylic oxidation sites excluding steroid dienone is 1. The highest BCUT2D eigenvalue weighted by Crippen LogP contribution is 2.09. The van der Waals surface area contributed by atoms with E-state index < -0.39 is 5.97 Å². The van der Waals surface area contributed by atoms with E-state index in [1.54, 1.807) is 6.08 Å². The molecule has 3 heteroatoms. The predicted octanol–water partition coefficient (Wildman–Crippen LogP) is 1.60. The average Bonchev–Trinajstić information content (AvgIpc) is 1.99. The summed E-state index contributed by atoms with van der Waals surface area (Å²) in [7, 11) is 0. The summed E-state index contributed by atoms with van der Waals surface area (Å²) in [5.41, 5.74) is 0. The van der Waals surface area contributed by atoms with Crippen LogP contribution in [0, 0.1) is 5.92 Å². The lowest BCUT2D eigenvalue weighted by Crippen LogP contribution is -2.14. The van der Waals surface area contributed by atoms with Gasteiger partial charge in [0, 0.05) is 0 Å². The first-order valence-corrected chi connectivity index (χ1v) is 3.22. The van der Waals surface area contributed by atoms with Gasteiger partial charge in [-0.15, -0.1) is 6.58 Å². The van der Waals surface area contributed by atoms with Crippen molar-refractivity contribution in [2.24, 2.45) is 5.92 Å². The molecule has 0 bridgehead atoms. The van der Waals surface area contributed by atoms with Gasteiger partial charge >= 0.3 is 5.97 Å². The van der Waals surface area contributed by atoms with Crippen molar-refractivity contribution >= 4 is 5.97 Å². The van der Waals surface area contributed by atoms with E-state index in [-0.39, 0.29) is 5.92 Å². The second-order valence-electron chi connectivity index (χ2n) is 2.04. The van der Waals surface area contributed by atoms with Crippen LogP contribution in [0.15, 0.2) is 12.7 Å². The Bertz CT molecular complexity index is 120. The van der Waals surface area contributed by atoms with Crippen molar-refractivity contribution in [1.82, 2.24) is 0 Å². The standard InChI is InChI=1S/C7H12O3/c1-3-5-6(4-2)7(8)10-9/h3,6,9H,1,4-5H2,2H3. The molecule has 0 spiro atoms. The van der Waals surface area contributed by atoms with E-state index in [1.165, 1.54) is 0 Å². The Kier molecular flexibility index (Phi) is 4.58. The third kappa shape index (κ3) is 2.64. The van der Waals surface area contributed by atoms with E-state index in [9.17, 15) is 4.79 Å². The minimum Gasteiger partial charge on any atom is -0.301 e. The minimum atomic E-state index is -0.581. The van der Waals surface area contributed by atoms with Gasteiger partial charge in [0.05, 0.1) is 5.92 Å². The Morgan fingerprint density at radius 3 is 2.80 bits per heavy atom. The van der Waals surface area contributed by atoms with Crippen LogP contribution in [-0.4, -0.2) is 11.2 Å². The van der Waals surface area contributed by atoms with Crippen LogP contribution in [0.2, 0.25) is 0 Å². The van der Waals surface area contributed by atoms with Crippen molar-refractivity contribution in [3.63, 3.8) is 0 Å². The Morgan fingerprint density at radius 2 is 2.50 bits per heavy atom. The number of rotatable bonds is 4. The van der Waals surface area contributed by atoms with Gasteiger partial charge in [0.25, 0.3) is 0 Å². The maximum Gasteiger partial charge on any atom is 0.345 e. The van der Waals surface area contributed by atoms with Crippen LogP contribution in [0.3, 0.4) is 0 Å². The predicted molar refractivity (Wildman–Crippen MR) is 37.3 cm³/mol. The summed E-state index contributed by atoms with van der Waals surface area (Å²) >= 11 is 0. The lowest BCUT2D eigenvalue weighted by Gasteiger charge is -2.05. The minimum absolute atomic E-state index is 0.248. The molecule has 0 radical (unpaired) electrons. The van der Waals surface area contributed by atoms with Crippen molar-refractivity contribution < 1.29 is 14.9 Å². The largest absolute Gasteiger partial charge is 0.345 e. The van der Waals surface area contributed by atoms with Crippen molar-refractivity contribution in [1.29, 1.82) is 0 Å². The maximum atomic E-state index is 10.6. The summed E-state index contributed by atoms with van der Waals surface area (Å²) in [6.07, 6.45) is 2.84. The molecule has 1 unspecified atom stereocenters. The molecule has 0 aliphatic rings. The smallest absolute Gasteiger partial charge is 0.301 e. The van der Waals surface area contributed by atoms with E-state index in [0.717, 1.165) is 0 Å². The van der Waals surface area contributed by atoms with E-state index in [4.69, 9.17) is 5.26 Å². The fourth-order valence-corrected chi connectivity index (χ4v) is 0.705. The number of hydrogen-bond acceptors (Lipinski definition) is 3. The Hall–Kier alpha value is -0.830. The summed E-state index contributed by atoms with van der Waals surface area (Å²) in [4.78, 5) is 14.2. The van der Waals surface area contributed by atoms with Crippen LogP contribution in [0.4, 0.5) is 0 Å². The van der Waals surface area contributed by atoms with Crippen LogP contribution in [0.25, 0.3) is 0 Å². The first kappa shape index (κ1) is 9.17. The average molecular weight is 144 g/mol. The molecule has 0 aromatic heterocycles. The van der Waals surface area contributed by atoms with Crippen molar-refractivity contribution in [2.45, 2.75) is 19.8 Å². The summed E-state index contributed by atoms with van der Waals surface area (Å²) < 4.78 is 0. The van der Waals surface area contributed by atoms with Gasteiger partial charge in [-0.1, -0.05) is 13.0 Å². The van der Waals surface area contributed by atoms with Crippen LogP contribution in [0.1, 0.15) is 19.8 Å². The molecule has 0 saturated heterocycles. The van der Waals surface area contributed by atoms with Gasteiger partial charge < -0.3 is 4.89 Å². The van der Waals surface area contributed by atoms with Crippen LogP contribution in [-0.2, 0) is 9.68 Å². The topological polar surface area (TPSA) is 46.5 Å². The summed E-state index contributed by atoms with van der Waals surface area (Å²) in [6, 6.07) is 0. The summed E-state index contributed by atoms with van der Waals surface area (Å²) in [5.74, 6) is -0.829. The van der Waals surface area contributed by atoms with E-state index >= 15 is 0 Å². The SMILES string of the molecule is C=CCC(CC)C(=O)OO. The van der Waals surface area contributed by atoms with Gasteiger partial charge in [0.1, 0.15) is 0 Å². The molecule has 3 nitrogen and oxygen atoms in total. The maximum absolute atomic E-state index is 10.6. The van der Waals surface area contributed by atoms with Gasteiger partial charge in [-0.25, -0.2) is 4.79 Å². The molecule has 0 aliphatic heterocycles. The highest BCUT2D eigenvalue weighted by atomic mass is 17.1. The highest BCUT2D eigenvalue weighted by molar-refractivity contribution is 5.71. The fourth-order valence-electron chi connectivity index (χ4n) is 0.705. The molecule has 0 aliphatic carbocycles. The Balaban J connectivity index is 3.79. The zero-order chi connectivity index (χ0) is 7.98. The van der Waals surface area contributed by atoms with Crippen molar-refractivity contribution in [3.8, 4) is 0 Å². The number of hydrogen-bond donors (Lipinski definition) is 1. The molecule has 58 valence electrons. The van der Waals surface area contributed by atoms with Gasteiger partial charge in [0.2, 0.25) is 0 Å². The van der Waals surface area contributed by atoms with Crippen LogP contribution < -0.4 is 0 Å². The van der Waals surface area contributed by atoms with Gasteiger partial charge in [-0.05, 0) is 12.8 Å². The normalized spacial score (nSPS) is 12.2. The molecule has 1 N–H and O–H groups in total. The monoisotopic (exact) mass is 144 g/mol. The second-order valence-corrected chi connectivity index (χ2v) is 2.04. The molecule has 0 rings (SSSR count). The molecular formula is C7H12O3. The molecule has 0 heterocycles. The number of carbonyl (C=O) groups excluding carboxylic acids is 1. The summed E-state index contributed by atoms with van der Waals surface area (Å²) in [6.45, 7) is 5.33. The first-order chi connectivity index (χ1) is 4.76. The van der Waals surface area contributed by atoms with Gasteiger partial charge in [0.15, 0.2) is 0 Å². The molecule has 0 aromatic rings. The number of carbonyl (C=O) groups is 1. The molecule has 0 amide bonds. The lowest BCUT2D eigenvalue weighted by molar-refractivity contribution is -0.239. The van der Waals surface area contributed by atoms with Gasteiger partial charge in [-0.2, -0.15) is 5.26 Å². The van der Waals surface area contributed by atoms with E-state index in [1.807, 2.05) is 6.92 Å². The lowest BCUT2D eigenvalue weighted by atomic mass is 10.0. The molecule has 10 heavy (non-hydrogen) atoms. The first-order valence-electron chi connectivity index (χ1n) is 3.22. The highest BCUT2D eigenvalue weighted by Gasteiger charge is 2.15. The van der Waals surface area contributed by atoms with Gasteiger partial charge in [-0.3, -0.25) is 0 Å². The Morgan fingerprint density at radius 1 is 1.90 bits per heavy atom. The zero-order valence-electron chi connectivity index (χ0n) is 6.04. The quantitative estimate of drug-likeness (QED) is 0.370. The van der Waals surface area contributed by atoms with Crippen molar-refractivity contribution in [3.05, 3.63) is 12.7 Å². The third-order valence-electron chi connectivity index (χ3n) is 1.37. The molecule has 0 aromatic carbocycles. The van der Waals surface area contributed by atoms with Crippen LogP contribution in [0.5, 0.6) is 0 Å².